The summed E-state index contributed by atoms with van der Waals surface area (Å²) < 4.78 is 5.44. The molecule has 3 N–H and O–H groups in total. The quantitative estimate of drug-likeness (QED) is 0.207. The molecule has 2 aromatic carbocycles. The number of amides is 2. The molecule has 0 unspecified atom stereocenters. The highest BCUT2D eigenvalue weighted by Crippen LogP contribution is 2.31. The van der Waals surface area contributed by atoms with Crippen molar-refractivity contribution >= 4 is 63.7 Å². The van der Waals surface area contributed by atoms with Crippen LogP contribution in [0.2, 0.25) is 5.02 Å². The van der Waals surface area contributed by atoms with Crippen LogP contribution in [0, 0.1) is 0 Å². The molecule has 202 valence electrons. The summed E-state index contributed by atoms with van der Waals surface area (Å²) in [5, 5.41) is 9.44. The van der Waals surface area contributed by atoms with Crippen molar-refractivity contribution in [3.63, 3.8) is 0 Å². The first kappa shape index (κ1) is 27.6. The van der Waals surface area contributed by atoms with Crippen molar-refractivity contribution in [1.82, 2.24) is 14.9 Å². The lowest BCUT2D eigenvalue weighted by Crippen LogP contribution is -2.36. The average molecular weight is 550 g/mol. The first-order chi connectivity index (χ1) is 18.7. The van der Waals surface area contributed by atoms with Crippen LogP contribution < -0.4 is 20.9 Å². The van der Waals surface area contributed by atoms with Crippen LogP contribution in [0.25, 0.3) is 0 Å². The molecule has 4 rings (SSSR count). The maximum Gasteiger partial charge on any atom is 0.294 e. The Bertz CT molecular complexity index is 1410. The Morgan fingerprint density at radius 2 is 1.82 bits per heavy atom. The van der Waals surface area contributed by atoms with Crippen molar-refractivity contribution in [2.45, 2.75) is 0 Å². The van der Waals surface area contributed by atoms with E-state index >= 15 is 0 Å². The van der Waals surface area contributed by atoms with Crippen LogP contribution in [0.3, 0.4) is 0 Å². The number of carbonyl (C=O) groups is 3. The van der Waals surface area contributed by atoms with Gasteiger partial charge in [-0.05, 0) is 48.5 Å². The van der Waals surface area contributed by atoms with Crippen molar-refractivity contribution in [2.75, 3.05) is 61.2 Å². The molecule has 1 aliphatic heterocycles. The lowest BCUT2D eigenvalue weighted by Gasteiger charge is -2.30. The van der Waals surface area contributed by atoms with E-state index in [4.69, 9.17) is 16.3 Å². The van der Waals surface area contributed by atoms with Gasteiger partial charge in [0.25, 0.3) is 11.7 Å². The fourth-order valence-electron chi connectivity index (χ4n) is 3.87. The molecule has 0 bridgehead atoms. The fraction of sp³-hybridized carbons (Fsp3) is 0.222. The van der Waals surface area contributed by atoms with Crippen LogP contribution in [0.15, 0.2) is 61.3 Å². The number of nitrogens with zero attached hydrogens (tertiary/aromatic N) is 4. The molecule has 12 heteroatoms. The monoisotopic (exact) mass is 549 g/mol. The molecular weight excluding hydrogens is 522 g/mol. The van der Waals surface area contributed by atoms with E-state index in [1.807, 2.05) is 12.1 Å². The number of carbonyl (C=O) groups excluding carboxylic acids is 3. The lowest BCUT2D eigenvalue weighted by molar-refractivity contribution is -0.124. The second-order valence-corrected chi connectivity index (χ2v) is 9.20. The van der Waals surface area contributed by atoms with Gasteiger partial charge in [0.05, 0.1) is 35.8 Å². The number of anilines is 6. The summed E-state index contributed by atoms with van der Waals surface area (Å²) >= 11 is 6.16. The van der Waals surface area contributed by atoms with Crippen LogP contribution in [-0.4, -0.2) is 72.9 Å². The second-order valence-electron chi connectivity index (χ2n) is 8.76. The van der Waals surface area contributed by atoms with Crippen molar-refractivity contribution in [3.8, 4) is 0 Å². The van der Waals surface area contributed by atoms with Crippen molar-refractivity contribution in [2.24, 2.45) is 0 Å². The highest BCUT2D eigenvalue weighted by Gasteiger charge is 2.22. The largest absolute Gasteiger partial charge is 0.378 e. The van der Waals surface area contributed by atoms with Gasteiger partial charge < -0.3 is 30.5 Å². The van der Waals surface area contributed by atoms with Gasteiger partial charge in [-0.15, -0.1) is 0 Å². The van der Waals surface area contributed by atoms with Gasteiger partial charge in [0.15, 0.2) is 0 Å². The van der Waals surface area contributed by atoms with Gasteiger partial charge in [0.2, 0.25) is 11.9 Å². The predicted octanol–water partition coefficient (Wildman–Crippen LogP) is 3.85. The normalized spacial score (nSPS) is 12.8. The molecule has 1 saturated heterocycles. The van der Waals surface area contributed by atoms with E-state index in [2.05, 4.69) is 37.4 Å². The standard InChI is InChI=1S/C27H28ClN7O4/c1-4-24(36)32-21-16-18(6-8-22(21)35-11-13-39-14-12-35)30-27-29-10-9-23(33-27)31-20-15-17(28)5-7-19(20)25(37)26(38)34(2)3/h4-10,15-16H,1,11-14H2,2-3H3,(H,32,36)(H2,29,30,31,33). The van der Waals surface area contributed by atoms with Gasteiger partial charge in [-0.2, -0.15) is 4.98 Å². The summed E-state index contributed by atoms with van der Waals surface area (Å²) in [5.74, 6) is -1.04. The molecule has 1 fully saturated rings. The fourth-order valence-corrected chi connectivity index (χ4v) is 4.04. The summed E-state index contributed by atoms with van der Waals surface area (Å²) in [5.41, 5.74) is 2.59. The van der Waals surface area contributed by atoms with Crippen LogP contribution in [0.4, 0.5) is 34.5 Å². The van der Waals surface area contributed by atoms with Crippen LogP contribution >= 0.6 is 11.6 Å². The summed E-state index contributed by atoms with van der Waals surface area (Å²) in [6.07, 6.45) is 2.75. The van der Waals surface area contributed by atoms with Crippen LogP contribution in [0.1, 0.15) is 10.4 Å². The number of ketones is 1. The molecule has 0 radical (unpaired) electrons. The zero-order chi connectivity index (χ0) is 27.9. The third-order valence-electron chi connectivity index (χ3n) is 5.79. The number of ether oxygens (including phenoxy) is 1. The Kier molecular flexibility index (Phi) is 8.74. The number of rotatable bonds is 9. The van der Waals surface area contributed by atoms with E-state index in [9.17, 15) is 14.4 Å². The summed E-state index contributed by atoms with van der Waals surface area (Å²) in [6, 6.07) is 11.7. The number of halogens is 1. The molecule has 39 heavy (non-hydrogen) atoms. The zero-order valence-electron chi connectivity index (χ0n) is 21.5. The first-order valence-corrected chi connectivity index (χ1v) is 12.5. The number of Topliss-reactive ketones (excluding diaryl/α,β-unsaturated/α-hetero) is 1. The molecule has 0 saturated carbocycles. The van der Waals surface area contributed by atoms with Gasteiger partial charge >= 0.3 is 0 Å². The van der Waals surface area contributed by atoms with E-state index < -0.39 is 11.7 Å². The predicted molar refractivity (Wildman–Crippen MR) is 151 cm³/mol. The van der Waals surface area contributed by atoms with Gasteiger partial charge in [0.1, 0.15) is 5.82 Å². The maximum atomic E-state index is 12.7. The lowest BCUT2D eigenvalue weighted by atomic mass is 10.1. The molecule has 0 atom stereocenters. The number of likely N-dealkylation sites (N-methyl/N-ethyl adjacent to an activating group) is 1. The van der Waals surface area contributed by atoms with E-state index in [1.165, 1.54) is 37.3 Å². The number of benzene rings is 2. The molecule has 11 nitrogen and oxygen atoms in total. The Hall–Kier alpha value is -4.48. The molecule has 2 heterocycles. The zero-order valence-corrected chi connectivity index (χ0v) is 22.3. The van der Waals surface area contributed by atoms with E-state index in [0.717, 1.165) is 5.69 Å². The first-order valence-electron chi connectivity index (χ1n) is 12.1. The number of nitrogens with one attached hydrogen (secondary N) is 3. The topological polar surface area (TPSA) is 129 Å². The maximum absolute atomic E-state index is 12.7. The SMILES string of the molecule is C=CC(=O)Nc1cc(Nc2nccc(Nc3cc(Cl)ccc3C(=O)C(=O)N(C)C)n2)ccc1N1CCOCC1. The minimum absolute atomic E-state index is 0.160. The minimum Gasteiger partial charge on any atom is -0.378 e. The number of aromatic nitrogens is 2. The van der Waals surface area contributed by atoms with Gasteiger partial charge in [-0.3, -0.25) is 14.4 Å². The Labute approximate surface area is 230 Å². The van der Waals surface area contributed by atoms with Gasteiger partial charge in [-0.1, -0.05) is 18.2 Å². The number of morpholine rings is 1. The Balaban J connectivity index is 1.58. The van der Waals surface area contributed by atoms with Crippen LogP contribution in [-0.2, 0) is 14.3 Å². The highest BCUT2D eigenvalue weighted by atomic mass is 35.5. The second kappa shape index (κ2) is 12.4. The van der Waals surface area contributed by atoms with Gasteiger partial charge in [0, 0.05) is 44.1 Å². The highest BCUT2D eigenvalue weighted by molar-refractivity contribution is 6.44. The minimum atomic E-state index is -0.680. The Morgan fingerprint density at radius 1 is 1.05 bits per heavy atom. The summed E-state index contributed by atoms with van der Waals surface area (Å²) in [6.45, 7) is 6.15. The average Bonchev–Trinajstić information content (AvgIpc) is 2.93. The number of hydrogen-bond donors (Lipinski definition) is 3. The van der Waals surface area contributed by atoms with Crippen molar-refractivity contribution in [3.05, 3.63) is 71.9 Å². The molecule has 2 amide bonds. The molecule has 1 aromatic heterocycles. The van der Waals surface area contributed by atoms with E-state index in [0.29, 0.717) is 54.2 Å². The third kappa shape index (κ3) is 6.89. The van der Waals surface area contributed by atoms with E-state index in [-0.39, 0.29) is 17.4 Å². The third-order valence-corrected chi connectivity index (χ3v) is 6.03. The number of hydrogen-bond acceptors (Lipinski definition) is 9. The molecular formula is C27H28ClN7O4. The summed E-state index contributed by atoms with van der Waals surface area (Å²) in [4.78, 5) is 49.2. The molecule has 3 aromatic rings. The van der Waals surface area contributed by atoms with Crippen LogP contribution in [0.5, 0.6) is 0 Å². The van der Waals surface area contributed by atoms with Crippen molar-refractivity contribution < 1.29 is 19.1 Å². The molecule has 1 aliphatic rings. The Morgan fingerprint density at radius 3 is 2.54 bits per heavy atom. The van der Waals surface area contributed by atoms with Crippen molar-refractivity contribution in [1.29, 1.82) is 0 Å². The smallest absolute Gasteiger partial charge is 0.294 e. The summed E-state index contributed by atoms with van der Waals surface area (Å²) in [7, 11) is 3.01. The molecule has 0 aliphatic carbocycles. The molecule has 0 spiro atoms. The van der Waals surface area contributed by atoms with E-state index in [1.54, 1.807) is 24.3 Å². The van der Waals surface area contributed by atoms with Gasteiger partial charge in [-0.25, -0.2) is 4.98 Å².